The monoisotopic (exact) mass is 383 g/mol. The van der Waals surface area contributed by atoms with Crippen LogP contribution in [0.5, 0.6) is 11.8 Å². The number of benzene rings is 1. The van der Waals surface area contributed by atoms with Gasteiger partial charge in [0.15, 0.2) is 0 Å². The van der Waals surface area contributed by atoms with Crippen LogP contribution < -0.4 is 14.8 Å². The van der Waals surface area contributed by atoms with Crippen molar-refractivity contribution in [3.05, 3.63) is 47.8 Å². The second-order valence-electron chi connectivity index (χ2n) is 7.60. The lowest BCUT2D eigenvalue weighted by atomic mass is 9.92. The molecular formula is C22H29N3O3. The van der Waals surface area contributed by atoms with Gasteiger partial charge in [0.2, 0.25) is 5.91 Å². The number of nitrogens with zero attached hydrogens (tertiary/aromatic N) is 2. The SMILES string of the molecule is COc1nccnc1OC1CCC(NC(=O)Cc2ccc(C(C)C)cc2)CC1. The smallest absolute Gasteiger partial charge is 0.278 e. The predicted octanol–water partition coefficient (Wildman–Crippen LogP) is 3.66. The van der Waals surface area contributed by atoms with Crippen molar-refractivity contribution in [3.8, 4) is 11.8 Å². The minimum absolute atomic E-state index is 0.0716. The summed E-state index contributed by atoms with van der Waals surface area (Å²) in [4.78, 5) is 20.7. The molecule has 3 rings (SSSR count). The standard InChI is InChI=1S/C22H29N3O3/c1-15(2)17-6-4-16(5-7-17)14-20(26)25-18-8-10-19(11-9-18)28-22-21(27-3)23-12-13-24-22/h4-7,12-13,15,18-19H,8-11,14H2,1-3H3,(H,25,26). The number of amides is 1. The van der Waals surface area contributed by atoms with Gasteiger partial charge in [-0.1, -0.05) is 38.1 Å². The summed E-state index contributed by atoms with van der Waals surface area (Å²) in [6, 6.07) is 8.51. The Morgan fingerprint density at radius 2 is 1.71 bits per heavy atom. The van der Waals surface area contributed by atoms with Crippen molar-refractivity contribution < 1.29 is 14.3 Å². The zero-order valence-electron chi connectivity index (χ0n) is 16.9. The van der Waals surface area contributed by atoms with Crippen molar-refractivity contribution in [2.24, 2.45) is 0 Å². The van der Waals surface area contributed by atoms with E-state index in [-0.39, 0.29) is 18.1 Å². The van der Waals surface area contributed by atoms with Gasteiger partial charge in [-0.15, -0.1) is 0 Å². The molecule has 1 aliphatic rings. The highest BCUT2D eigenvalue weighted by Crippen LogP contribution is 2.27. The summed E-state index contributed by atoms with van der Waals surface area (Å²) in [5, 5.41) is 3.16. The fourth-order valence-electron chi connectivity index (χ4n) is 3.50. The Morgan fingerprint density at radius 1 is 1.07 bits per heavy atom. The Hall–Kier alpha value is -2.63. The van der Waals surface area contributed by atoms with Crippen molar-refractivity contribution in [3.63, 3.8) is 0 Å². The van der Waals surface area contributed by atoms with Gasteiger partial charge in [0.1, 0.15) is 6.10 Å². The van der Waals surface area contributed by atoms with Crippen molar-refractivity contribution >= 4 is 5.91 Å². The third-order valence-corrected chi connectivity index (χ3v) is 5.16. The first-order valence-corrected chi connectivity index (χ1v) is 9.95. The quantitative estimate of drug-likeness (QED) is 0.790. The molecule has 0 saturated heterocycles. The molecule has 1 aromatic carbocycles. The van der Waals surface area contributed by atoms with Gasteiger partial charge in [-0.2, -0.15) is 0 Å². The van der Waals surface area contributed by atoms with E-state index < -0.39 is 0 Å². The molecule has 150 valence electrons. The number of ether oxygens (including phenoxy) is 2. The van der Waals surface area contributed by atoms with Crippen LogP contribution in [0.25, 0.3) is 0 Å². The van der Waals surface area contributed by atoms with E-state index in [0.717, 1.165) is 31.2 Å². The largest absolute Gasteiger partial charge is 0.477 e. The van der Waals surface area contributed by atoms with E-state index in [4.69, 9.17) is 9.47 Å². The summed E-state index contributed by atoms with van der Waals surface area (Å²) in [7, 11) is 1.56. The van der Waals surface area contributed by atoms with E-state index in [9.17, 15) is 4.79 Å². The lowest BCUT2D eigenvalue weighted by molar-refractivity contribution is -0.121. The molecule has 1 aliphatic carbocycles. The van der Waals surface area contributed by atoms with Crippen LogP contribution in [0.2, 0.25) is 0 Å². The van der Waals surface area contributed by atoms with Crippen molar-refractivity contribution in [2.45, 2.75) is 64.0 Å². The lowest BCUT2D eigenvalue weighted by Gasteiger charge is -2.29. The van der Waals surface area contributed by atoms with E-state index in [1.165, 1.54) is 5.56 Å². The average molecular weight is 383 g/mol. The average Bonchev–Trinajstić information content (AvgIpc) is 2.70. The first kappa shape index (κ1) is 20.1. The van der Waals surface area contributed by atoms with Crippen LogP contribution >= 0.6 is 0 Å². The first-order valence-electron chi connectivity index (χ1n) is 9.95. The molecule has 1 amide bonds. The summed E-state index contributed by atoms with van der Waals surface area (Å²) in [6.45, 7) is 4.34. The van der Waals surface area contributed by atoms with Gasteiger partial charge < -0.3 is 14.8 Å². The Kier molecular flexibility index (Phi) is 6.85. The van der Waals surface area contributed by atoms with E-state index in [0.29, 0.717) is 24.1 Å². The highest BCUT2D eigenvalue weighted by Gasteiger charge is 2.25. The highest BCUT2D eigenvalue weighted by atomic mass is 16.5. The van der Waals surface area contributed by atoms with Crippen LogP contribution in [-0.2, 0) is 11.2 Å². The molecule has 6 nitrogen and oxygen atoms in total. The maximum Gasteiger partial charge on any atom is 0.278 e. The summed E-state index contributed by atoms with van der Waals surface area (Å²) in [6.07, 6.45) is 7.19. The topological polar surface area (TPSA) is 73.3 Å². The number of methoxy groups -OCH3 is 1. The number of carbonyl (C=O) groups is 1. The van der Waals surface area contributed by atoms with Gasteiger partial charge in [-0.05, 0) is 42.7 Å². The molecule has 0 unspecified atom stereocenters. The van der Waals surface area contributed by atoms with Crippen LogP contribution in [0, 0.1) is 0 Å². The second-order valence-corrected chi connectivity index (χ2v) is 7.60. The molecule has 0 atom stereocenters. The zero-order valence-corrected chi connectivity index (χ0v) is 16.9. The van der Waals surface area contributed by atoms with Gasteiger partial charge in [0, 0.05) is 18.4 Å². The maximum atomic E-state index is 12.4. The van der Waals surface area contributed by atoms with Gasteiger partial charge in [0.05, 0.1) is 13.5 Å². The van der Waals surface area contributed by atoms with Crippen molar-refractivity contribution in [1.29, 1.82) is 0 Å². The number of rotatable bonds is 7. The summed E-state index contributed by atoms with van der Waals surface area (Å²) < 4.78 is 11.1. The molecule has 0 radical (unpaired) electrons. The molecular weight excluding hydrogens is 354 g/mol. The molecule has 2 aromatic rings. The highest BCUT2D eigenvalue weighted by molar-refractivity contribution is 5.78. The normalized spacial score (nSPS) is 19.3. The molecule has 1 fully saturated rings. The van der Waals surface area contributed by atoms with Gasteiger partial charge in [-0.3, -0.25) is 4.79 Å². The number of nitrogens with one attached hydrogen (secondary N) is 1. The maximum absolute atomic E-state index is 12.4. The molecule has 28 heavy (non-hydrogen) atoms. The van der Waals surface area contributed by atoms with E-state index in [2.05, 4.69) is 41.3 Å². The first-order chi connectivity index (χ1) is 13.5. The lowest BCUT2D eigenvalue weighted by Crippen LogP contribution is -2.40. The molecule has 0 bridgehead atoms. The van der Waals surface area contributed by atoms with Crippen LogP contribution in [0.3, 0.4) is 0 Å². The molecule has 0 aliphatic heterocycles. The van der Waals surface area contributed by atoms with Crippen LogP contribution in [0.1, 0.15) is 56.6 Å². The predicted molar refractivity (Wildman–Crippen MR) is 108 cm³/mol. The number of aromatic nitrogens is 2. The summed E-state index contributed by atoms with van der Waals surface area (Å²) in [5.74, 6) is 1.42. The molecule has 1 heterocycles. The molecule has 1 aromatic heterocycles. The summed E-state index contributed by atoms with van der Waals surface area (Å²) in [5.41, 5.74) is 2.34. The van der Waals surface area contributed by atoms with Crippen LogP contribution in [0.4, 0.5) is 0 Å². The molecule has 6 heteroatoms. The van der Waals surface area contributed by atoms with E-state index in [1.54, 1.807) is 19.5 Å². The Bertz CT molecular complexity index is 769. The Balaban J connectivity index is 1.44. The Labute approximate surface area is 166 Å². The van der Waals surface area contributed by atoms with Gasteiger partial charge in [-0.25, -0.2) is 9.97 Å². The second kappa shape index (κ2) is 9.53. The fourth-order valence-corrected chi connectivity index (χ4v) is 3.50. The third kappa shape index (κ3) is 5.44. The third-order valence-electron chi connectivity index (χ3n) is 5.16. The molecule has 0 spiro atoms. The fraction of sp³-hybridized carbons (Fsp3) is 0.500. The number of carbonyl (C=O) groups excluding carboxylic acids is 1. The van der Waals surface area contributed by atoms with Gasteiger partial charge >= 0.3 is 0 Å². The van der Waals surface area contributed by atoms with Crippen LogP contribution in [0.15, 0.2) is 36.7 Å². The van der Waals surface area contributed by atoms with E-state index >= 15 is 0 Å². The van der Waals surface area contributed by atoms with Crippen molar-refractivity contribution in [2.75, 3.05) is 7.11 Å². The minimum atomic E-state index is 0.0716. The van der Waals surface area contributed by atoms with Gasteiger partial charge in [0.25, 0.3) is 11.8 Å². The zero-order chi connectivity index (χ0) is 19.9. The Morgan fingerprint density at radius 3 is 2.32 bits per heavy atom. The molecule has 1 N–H and O–H groups in total. The van der Waals surface area contributed by atoms with Crippen molar-refractivity contribution in [1.82, 2.24) is 15.3 Å². The van der Waals surface area contributed by atoms with Crippen LogP contribution in [-0.4, -0.2) is 35.1 Å². The molecule has 1 saturated carbocycles. The number of hydrogen-bond acceptors (Lipinski definition) is 5. The van der Waals surface area contributed by atoms with E-state index in [1.807, 2.05) is 12.1 Å². The summed E-state index contributed by atoms with van der Waals surface area (Å²) >= 11 is 0. The minimum Gasteiger partial charge on any atom is -0.477 e. The number of hydrogen-bond donors (Lipinski definition) is 1.